The van der Waals surface area contributed by atoms with Crippen LogP contribution in [0.2, 0.25) is 0 Å². The summed E-state index contributed by atoms with van der Waals surface area (Å²) in [5.41, 5.74) is 4.24. The van der Waals surface area contributed by atoms with Crippen molar-refractivity contribution in [2.75, 3.05) is 60.0 Å². The van der Waals surface area contributed by atoms with Gasteiger partial charge in [-0.1, -0.05) is 36.4 Å². The number of carbonyl (C=O) groups is 2. The van der Waals surface area contributed by atoms with E-state index in [9.17, 15) is 9.59 Å². The largest absolute Gasteiger partial charge is 0.497 e. The van der Waals surface area contributed by atoms with E-state index in [2.05, 4.69) is 75.8 Å². The van der Waals surface area contributed by atoms with Gasteiger partial charge in [0.15, 0.2) is 0 Å². The highest BCUT2D eigenvalue weighted by atomic mass is 16.5. The van der Waals surface area contributed by atoms with Crippen LogP contribution in [-0.2, 0) is 16.8 Å². The van der Waals surface area contributed by atoms with Gasteiger partial charge in [-0.2, -0.15) is 0 Å². The summed E-state index contributed by atoms with van der Waals surface area (Å²) in [7, 11) is 3.40. The van der Waals surface area contributed by atoms with Gasteiger partial charge in [0.05, 0.1) is 20.8 Å². The molecule has 0 spiro atoms. The molecule has 2 aliphatic rings. The van der Waals surface area contributed by atoms with E-state index in [0.717, 1.165) is 55.1 Å². The lowest BCUT2D eigenvalue weighted by Gasteiger charge is -2.44. The first-order valence-electron chi connectivity index (χ1n) is 15.7. The molecule has 0 aliphatic carbocycles. The molecule has 3 aromatic rings. The van der Waals surface area contributed by atoms with Crippen molar-refractivity contribution in [3.05, 3.63) is 95.1 Å². The van der Waals surface area contributed by atoms with Crippen molar-refractivity contribution in [1.82, 2.24) is 20.0 Å². The lowest BCUT2D eigenvalue weighted by Crippen LogP contribution is -2.51. The minimum Gasteiger partial charge on any atom is -0.497 e. The highest BCUT2D eigenvalue weighted by molar-refractivity contribution is 5.94. The maximum absolute atomic E-state index is 13.5. The van der Waals surface area contributed by atoms with Crippen molar-refractivity contribution >= 4 is 11.8 Å². The van der Waals surface area contributed by atoms with E-state index >= 15 is 0 Å². The van der Waals surface area contributed by atoms with Gasteiger partial charge in [0.25, 0.3) is 5.91 Å². The number of ether oxygens (including phenoxy) is 2. The van der Waals surface area contributed by atoms with Crippen molar-refractivity contribution < 1.29 is 19.1 Å². The Hall–Kier alpha value is -3.88. The predicted molar refractivity (Wildman–Crippen MR) is 173 cm³/mol. The second-order valence-electron chi connectivity index (χ2n) is 12.3. The molecule has 0 saturated carbocycles. The van der Waals surface area contributed by atoms with Crippen LogP contribution in [0.15, 0.2) is 72.8 Å². The summed E-state index contributed by atoms with van der Waals surface area (Å²) in [6, 6.07) is 25.2. The van der Waals surface area contributed by atoms with Crippen LogP contribution in [0.25, 0.3) is 0 Å². The molecule has 2 amide bonds. The predicted octanol–water partition coefficient (Wildman–Crippen LogP) is 4.57. The number of nitrogens with zero attached hydrogens (tertiary/aromatic N) is 3. The Bertz CT molecular complexity index is 1350. The highest BCUT2D eigenvalue weighted by Crippen LogP contribution is 2.42. The van der Waals surface area contributed by atoms with Crippen molar-refractivity contribution in [1.29, 1.82) is 0 Å². The van der Waals surface area contributed by atoms with Crippen LogP contribution < -0.4 is 14.8 Å². The van der Waals surface area contributed by atoms with Gasteiger partial charge in [-0.3, -0.25) is 19.4 Å². The summed E-state index contributed by atoms with van der Waals surface area (Å²) < 4.78 is 10.9. The summed E-state index contributed by atoms with van der Waals surface area (Å²) in [5.74, 6) is 1.80. The molecule has 8 nitrogen and oxygen atoms in total. The molecule has 2 saturated heterocycles. The third-order valence-electron chi connectivity index (χ3n) is 8.91. The standard InChI is InChI=1S/C36H46N4O4/c1-27(2)37-34(41)25-38-19-21-40(22-20-38)35(42)29-8-5-7-28(23-29)24-39-18-6-17-36(26-39,30-9-13-32(43-3)14-10-30)31-11-15-33(44-4)16-12-31/h5,7-16,23,27H,6,17-22,24-26H2,1-4H3,(H,37,41). The fraction of sp³-hybridized carbons (Fsp3) is 0.444. The number of piperazine rings is 1. The quantitative estimate of drug-likeness (QED) is 0.369. The van der Waals surface area contributed by atoms with E-state index in [0.29, 0.717) is 32.7 Å². The Labute approximate surface area is 261 Å². The first-order valence-corrected chi connectivity index (χ1v) is 15.7. The SMILES string of the molecule is COc1ccc(C2(c3ccc(OC)cc3)CCCN(Cc3cccc(C(=O)N4CCN(CC(=O)NC(C)C)CC4)c3)C2)cc1. The number of benzene rings is 3. The molecule has 1 N–H and O–H groups in total. The topological polar surface area (TPSA) is 74.4 Å². The first-order chi connectivity index (χ1) is 21.3. The van der Waals surface area contributed by atoms with Crippen LogP contribution in [0.4, 0.5) is 0 Å². The number of methoxy groups -OCH3 is 2. The Morgan fingerprint density at radius 2 is 1.43 bits per heavy atom. The Morgan fingerprint density at radius 3 is 2.00 bits per heavy atom. The Balaban J connectivity index is 1.28. The van der Waals surface area contributed by atoms with E-state index in [1.54, 1.807) is 14.2 Å². The van der Waals surface area contributed by atoms with Gasteiger partial charge in [-0.25, -0.2) is 0 Å². The Morgan fingerprint density at radius 1 is 0.818 bits per heavy atom. The zero-order valence-electron chi connectivity index (χ0n) is 26.6. The molecule has 2 fully saturated rings. The summed E-state index contributed by atoms with van der Waals surface area (Å²) in [4.78, 5) is 32.2. The van der Waals surface area contributed by atoms with Crippen LogP contribution in [0.5, 0.6) is 11.5 Å². The van der Waals surface area contributed by atoms with Crippen LogP contribution in [0.3, 0.4) is 0 Å². The smallest absolute Gasteiger partial charge is 0.253 e. The van der Waals surface area contributed by atoms with Crippen molar-refractivity contribution in [3.63, 3.8) is 0 Å². The molecule has 3 aromatic carbocycles. The van der Waals surface area contributed by atoms with E-state index in [4.69, 9.17) is 9.47 Å². The zero-order chi connectivity index (χ0) is 31.1. The number of nitrogens with one attached hydrogen (secondary N) is 1. The molecule has 2 heterocycles. The van der Waals surface area contributed by atoms with Gasteiger partial charge < -0.3 is 19.7 Å². The molecule has 234 valence electrons. The molecule has 0 atom stereocenters. The average molecular weight is 599 g/mol. The van der Waals surface area contributed by atoms with Crippen molar-refractivity contribution in [3.8, 4) is 11.5 Å². The highest BCUT2D eigenvalue weighted by Gasteiger charge is 2.39. The minimum atomic E-state index is -0.171. The monoisotopic (exact) mass is 598 g/mol. The first kappa shape index (κ1) is 31.5. The molecule has 8 heteroatoms. The second-order valence-corrected chi connectivity index (χ2v) is 12.3. The maximum atomic E-state index is 13.5. The lowest BCUT2D eigenvalue weighted by molar-refractivity contribution is -0.123. The number of carbonyl (C=O) groups excluding carboxylic acids is 2. The average Bonchev–Trinajstić information content (AvgIpc) is 3.04. The molecule has 0 aromatic heterocycles. The van der Waals surface area contributed by atoms with Gasteiger partial charge in [0.1, 0.15) is 11.5 Å². The van der Waals surface area contributed by atoms with Crippen LogP contribution >= 0.6 is 0 Å². The van der Waals surface area contributed by atoms with E-state index in [1.807, 2.05) is 30.9 Å². The number of hydrogen-bond donors (Lipinski definition) is 1. The van der Waals surface area contributed by atoms with Crippen LogP contribution in [0, 0.1) is 0 Å². The van der Waals surface area contributed by atoms with Gasteiger partial charge in [-0.15, -0.1) is 0 Å². The fourth-order valence-electron chi connectivity index (χ4n) is 6.66. The molecule has 0 radical (unpaired) electrons. The van der Waals surface area contributed by atoms with E-state index < -0.39 is 0 Å². The number of piperidine rings is 1. The van der Waals surface area contributed by atoms with E-state index in [-0.39, 0.29) is 23.3 Å². The molecule has 5 rings (SSSR count). The van der Waals surface area contributed by atoms with Gasteiger partial charge in [-0.05, 0) is 86.3 Å². The number of hydrogen-bond acceptors (Lipinski definition) is 6. The molecular weight excluding hydrogens is 552 g/mol. The summed E-state index contributed by atoms with van der Waals surface area (Å²) >= 11 is 0. The lowest BCUT2D eigenvalue weighted by atomic mass is 9.69. The minimum absolute atomic E-state index is 0.0354. The van der Waals surface area contributed by atoms with Crippen LogP contribution in [-0.4, -0.2) is 92.6 Å². The van der Waals surface area contributed by atoms with Crippen molar-refractivity contribution in [2.45, 2.75) is 44.7 Å². The third kappa shape index (κ3) is 7.42. The molecular formula is C36H46N4O4. The van der Waals surface area contributed by atoms with Crippen LogP contribution in [0.1, 0.15) is 53.7 Å². The number of amides is 2. The van der Waals surface area contributed by atoms with Gasteiger partial charge in [0, 0.05) is 56.3 Å². The number of likely N-dealkylation sites (tertiary alicyclic amines) is 1. The maximum Gasteiger partial charge on any atom is 0.253 e. The summed E-state index contributed by atoms with van der Waals surface area (Å²) in [5, 5.41) is 2.95. The molecule has 44 heavy (non-hydrogen) atoms. The normalized spacial score (nSPS) is 17.3. The van der Waals surface area contributed by atoms with Gasteiger partial charge >= 0.3 is 0 Å². The Kier molecular flexibility index (Phi) is 10.2. The second kappa shape index (κ2) is 14.3. The van der Waals surface area contributed by atoms with Gasteiger partial charge in [0.2, 0.25) is 5.91 Å². The molecule has 0 unspecified atom stereocenters. The fourth-order valence-corrected chi connectivity index (χ4v) is 6.66. The van der Waals surface area contributed by atoms with E-state index in [1.165, 1.54) is 11.1 Å². The third-order valence-corrected chi connectivity index (χ3v) is 8.91. The summed E-state index contributed by atoms with van der Waals surface area (Å²) in [6.45, 7) is 9.58. The van der Waals surface area contributed by atoms with Crippen molar-refractivity contribution in [2.24, 2.45) is 0 Å². The molecule has 0 bridgehead atoms. The molecule has 2 aliphatic heterocycles. The number of rotatable bonds is 10. The summed E-state index contributed by atoms with van der Waals surface area (Å²) in [6.07, 6.45) is 2.11. The zero-order valence-corrected chi connectivity index (χ0v) is 26.6.